The van der Waals surface area contributed by atoms with Gasteiger partial charge in [-0.05, 0) is 31.2 Å². The Bertz CT molecular complexity index is 521. The van der Waals surface area contributed by atoms with Crippen LogP contribution in [0.25, 0.3) is 10.9 Å². The zero-order valence-corrected chi connectivity index (χ0v) is 10.4. The van der Waals surface area contributed by atoms with Gasteiger partial charge in [-0.25, -0.2) is 4.39 Å². The van der Waals surface area contributed by atoms with Crippen molar-refractivity contribution in [1.82, 2.24) is 4.98 Å². The fourth-order valence-electron chi connectivity index (χ4n) is 1.42. The zero-order valence-electron chi connectivity index (χ0n) is 10.4. The van der Waals surface area contributed by atoms with Crippen molar-refractivity contribution in [1.29, 1.82) is 0 Å². The molecule has 1 aromatic carbocycles. The third kappa shape index (κ3) is 3.55. The van der Waals surface area contributed by atoms with Crippen LogP contribution in [0.1, 0.15) is 20.8 Å². The molecule has 2 rings (SSSR count). The molecule has 0 bridgehead atoms. The van der Waals surface area contributed by atoms with E-state index < -0.39 is 0 Å². The summed E-state index contributed by atoms with van der Waals surface area (Å²) in [6, 6.07) is 6.38. The maximum atomic E-state index is 13.0. The van der Waals surface area contributed by atoms with Crippen LogP contribution < -0.4 is 5.32 Å². The number of hydrogen-bond acceptors (Lipinski definition) is 2. The normalized spacial score (nSPS) is 9.41. The lowest BCUT2D eigenvalue weighted by Crippen LogP contribution is -1.94. The van der Waals surface area contributed by atoms with Crippen molar-refractivity contribution in [2.75, 3.05) is 5.32 Å². The number of allylic oxidation sites excluding steroid dienone is 1. The van der Waals surface area contributed by atoms with Gasteiger partial charge in [0, 0.05) is 11.1 Å². The first-order valence-electron chi connectivity index (χ1n) is 5.63. The van der Waals surface area contributed by atoms with E-state index >= 15 is 0 Å². The maximum Gasteiger partial charge on any atom is 0.123 e. The van der Waals surface area contributed by atoms with Gasteiger partial charge in [-0.1, -0.05) is 20.4 Å². The second kappa shape index (κ2) is 5.99. The largest absolute Gasteiger partial charge is 0.358 e. The number of aromatic nitrogens is 1. The molecule has 0 unspecified atom stereocenters. The fourth-order valence-corrected chi connectivity index (χ4v) is 1.42. The van der Waals surface area contributed by atoms with Crippen molar-refractivity contribution in [3.63, 3.8) is 0 Å². The third-order valence-electron chi connectivity index (χ3n) is 2.00. The number of nitrogens with zero attached hydrogens (tertiary/aromatic N) is 1. The van der Waals surface area contributed by atoms with Crippen LogP contribution in [0.4, 0.5) is 10.1 Å². The van der Waals surface area contributed by atoms with Crippen LogP contribution in [-0.2, 0) is 0 Å². The summed E-state index contributed by atoms with van der Waals surface area (Å²) in [5.74, 6) is -0.253. The van der Waals surface area contributed by atoms with E-state index in [0.717, 1.165) is 22.3 Å². The Morgan fingerprint density at radius 2 is 2.00 bits per heavy atom. The molecule has 0 aliphatic rings. The van der Waals surface area contributed by atoms with E-state index in [2.05, 4.69) is 16.9 Å². The Kier molecular flexibility index (Phi) is 4.64. The number of nitrogens with one attached hydrogen (secondary N) is 1. The molecule has 1 aromatic heterocycles. The SMILES string of the molecule is C=C(C)Nc1cnc2ccc(F)cc2c1.CC. The van der Waals surface area contributed by atoms with E-state index in [1.165, 1.54) is 12.1 Å². The van der Waals surface area contributed by atoms with Gasteiger partial charge < -0.3 is 5.32 Å². The number of benzene rings is 1. The predicted molar refractivity (Wildman–Crippen MR) is 71.5 cm³/mol. The van der Waals surface area contributed by atoms with Crippen LogP contribution in [0.2, 0.25) is 0 Å². The highest BCUT2D eigenvalue weighted by atomic mass is 19.1. The summed E-state index contributed by atoms with van der Waals surface area (Å²) < 4.78 is 13.0. The first kappa shape index (κ1) is 13.2. The molecule has 0 aliphatic carbocycles. The Morgan fingerprint density at radius 1 is 1.29 bits per heavy atom. The molecule has 0 fully saturated rings. The van der Waals surface area contributed by atoms with Gasteiger partial charge in [0.1, 0.15) is 5.82 Å². The quantitative estimate of drug-likeness (QED) is 0.832. The summed E-state index contributed by atoms with van der Waals surface area (Å²) in [6.07, 6.45) is 1.70. The van der Waals surface area contributed by atoms with Gasteiger partial charge >= 0.3 is 0 Å². The summed E-state index contributed by atoms with van der Waals surface area (Å²) in [7, 11) is 0. The molecule has 0 saturated carbocycles. The van der Waals surface area contributed by atoms with E-state index in [4.69, 9.17) is 0 Å². The maximum absolute atomic E-state index is 13.0. The number of anilines is 1. The van der Waals surface area contributed by atoms with Crippen LogP contribution in [0.3, 0.4) is 0 Å². The minimum Gasteiger partial charge on any atom is -0.358 e. The molecule has 90 valence electrons. The van der Waals surface area contributed by atoms with Crippen molar-refractivity contribution in [3.05, 3.63) is 48.6 Å². The lowest BCUT2D eigenvalue weighted by atomic mass is 10.2. The Labute approximate surface area is 101 Å². The van der Waals surface area contributed by atoms with E-state index in [9.17, 15) is 4.39 Å². The lowest BCUT2D eigenvalue weighted by molar-refractivity contribution is 0.629. The number of pyridine rings is 1. The van der Waals surface area contributed by atoms with Gasteiger partial charge in [-0.3, -0.25) is 4.98 Å². The summed E-state index contributed by atoms with van der Waals surface area (Å²) >= 11 is 0. The molecule has 0 saturated heterocycles. The average Bonchev–Trinajstić information content (AvgIpc) is 2.30. The average molecular weight is 232 g/mol. The number of halogens is 1. The van der Waals surface area contributed by atoms with Crippen LogP contribution in [-0.4, -0.2) is 4.98 Å². The van der Waals surface area contributed by atoms with Crippen molar-refractivity contribution >= 4 is 16.6 Å². The molecule has 3 heteroatoms. The van der Waals surface area contributed by atoms with E-state index in [-0.39, 0.29) is 5.82 Å². The highest BCUT2D eigenvalue weighted by molar-refractivity contribution is 5.81. The van der Waals surface area contributed by atoms with Gasteiger partial charge in [0.05, 0.1) is 17.4 Å². The summed E-state index contributed by atoms with van der Waals surface area (Å²) in [6.45, 7) is 9.59. The van der Waals surface area contributed by atoms with Crippen LogP contribution >= 0.6 is 0 Å². The van der Waals surface area contributed by atoms with Crippen LogP contribution in [0.5, 0.6) is 0 Å². The molecule has 0 radical (unpaired) electrons. The Hall–Kier alpha value is -1.90. The molecule has 2 aromatic rings. The van der Waals surface area contributed by atoms with E-state index in [1.807, 2.05) is 26.8 Å². The standard InChI is InChI=1S/C12H11FN2.C2H6/c1-8(2)15-11-6-9-5-10(13)3-4-12(9)14-7-11;1-2/h3-7,15H,1H2,2H3;1-2H3. The van der Waals surface area contributed by atoms with Crippen molar-refractivity contribution in [3.8, 4) is 0 Å². The predicted octanol–water partition coefficient (Wildman–Crippen LogP) is 4.35. The molecule has 17 heavy (non-hydrogen) atoms. The number of fused-ring (bicyclic) bond motifs is 1. The minimum atomic E-state index is -0.253. The second-order valence-electron chi connectivity index (χ2n) is 3.47. The van der Waals surface area contributed by atoms with Crippen molar-refractivity contribution in [2.45, 2.75) is 20.8 Å². The molecular formula is C14H17FN2. The smallest absolute Gasteiger partial charge is 0.123 e. The van der Waals surface area contributed by atoms with Crippen molar-refractivity contribution in [2.24, 2.45) is 0 Å². The lowest BCUT2D eigenvalue weighted by Gasteiger charge is -2.05. The summed E-state index contributed by atoms with van der Waals surface area (Å²) in [4.78, 5) is 4.21. The summed E-state index contributed by atoms with van der Waals surface area (Å²) in [5.41, 5.74) is 2.43. The topological polar surface area (TPSA) is 24.9 Å². The van der Waals surface area contributed by atoms with E-state index in [1.54, 1.807) is 12.3 Å². The van der Waals surface area contributed by atoms with Gasteiger partial charge in [-0.2, -0.15) is 0 Å². The van der Waals surface area contributed by atoms with Crippen molar-refractivity contribution < 1.29 is 4.39 Å². The molecule has 0 aliphatic heterocycles. The van der Waals surface area contributed by atoms with E-state index in [0.29, 0.717) is 0 Å². The first-order chi connectivity index (χ1) is 8.15. The Balaban J connectivity index is 0.000000686. The van der Waals surface area contributed by atoms with Gasteiger partial charge in [-0.15, -0.1) is 0 Å². The monoisotopic (exact) mass is 232 g/mol. The fraction of sp³-hybridized carbons (Fsp3) is 0.214. The molecule has 0 spiro atoms. The van der Waals surface area contributed by atoms with Gasteiger partial charge in [0.25, 0.3) is 0 Å². The van der Waals surface area contributed by atoms with Crippen LogP contribution in [0, 0.1) is 5.82 Å². The highest BCUT2D eigenvalue weighted by Gasteiger charge is 1.99. The second-order valence-corrected chi connectivity index (χ2v) is 3.47. The molecular weight excluding hydrogens is 215 g/mol. The van der Waals surface area contributed by atoms with Gasteiger partial charge in [0.15, 0.2) is 0 Å². The minimum absolute atomic E-state index is 0.253. The molecule has 2 nitrogen and oxygen atoms in total. The van der Waals surface area contributed by atoms with Crippen LogP contribution in [0.15, 0.2) is 42.7 Å². The molecule has 1 heterocycles. The molecule has 1 N–H and O–H groups in total. The number of rotatable bonds is 2. The summed E-state index contributed by atoms with van der Waals surface area (Å²) in [5, 5.41) is 3.82. The first-order valence-corrected chi connectivity index (χ1v) is 5.63. The molecule has 0 atom stereocenters. The van der Waals surface area contributed by atoms with Gasteiger partial charge in [0.2, 0.25) is 0 Å². The highest BCUT2D eigenvalue weighted by Crippen LogP contribution is 2.18. The molecule has 0 amide bonds. The zero-order chi connectivity index (χ0) is 12.8. The third-order valence-corrected chi connectivity index (χ3v) is 2.00. The Morgan fingerprint density at radius 3 is 2.65 bits per heavy atom. The number of hydrogen-bond donors (Lipinski definition) is 1.